The first-order chi connectivity index (χ1) is 7.31. The first-order valence-electron chi connectivity index (χ1n) is 4.95. The molecule has 0 aliphatic heterocycles. The maximum atomic E-state index is 4.60. The Morgan fingerprint density at radius 1 is 1.27 bits per heavy atom. The third-order valence-corrected chi connectivity index (χ3v) is 3.25. The summed E-state index contributed by atoms with van der Waals surface area (Å²) in [4.78, 5) is 4.60. The fraction of sp³-hybridized carbons (Fsp3) is 0.154. The molecular formula is C13H13NS. The molecule has 0 saturated carbocycles. The Morgan fingerprint density at radius 2 is 2.00 bits per heavy atom. The Kier molecular flexibility index (Phi) is 2.97. The van der Waals surface area contributed by atoms with Crippen molar-refractivity contribution in [3.8, 4) is 10.6 Å². The number of thiazole rings is 1. The second kappa shape index (κ2) is 4.41. The molecule has 1 heterocycles. The maximum Gasteiger partial charge on any atom is 0.124 e. The minimum absolute atomic E-state index is 1.08. The van der Waals surface area contributed by atoms with Crippen LogP contribution in [-0.4, -0.2) is 4.98 Å². The fourth-order valence-corrected chi connectivity index (χ4v) is 2.20. The van der Waals surface area contributed by atoms with Crippen molar-refractivity contribution in [3.05, 3.63) is 47.5 Å². The minimum atomic E-state index is 1.08. The Bertz CT molecular complexity index is 468. The molecule has 2 heteroatoms. The summed E-state index contributed by atoms with van der Waals surface area (Å²) in [5.41, 5.74) is 3.51. The highest BCUT2D eigenvalue weighted by Gasteiger charge is 2.04. The van der Waals surface area contributed by atoms with Gasteiger partial charge in [-0.05, 0) is 19.4 Å². The van der Waals surface area contributed by atoms with E-state index in [9.17, 15) is 0 Å². The van der Waals surface area contributed by atoms with Crippen LogP contribution in [0.1, 0.15) is 19.5 Å². The molecule has 1 aromatic carbocycles. The van der Waals surface area contributed by atoms with Crippen LogP contribution in [-0.2, 0) is 0 Å². The van der Waals surface area contributed by atoms with E-state index in [2.05, 4.69) is 35.5 Å². The number of aromatic nitrogens is 1. The van der Waals surface area contributed by atoms with Gasteiger partial charge in [0.2, 0.25) is 0 Å². The van der Waals surface area contributed by atoms with Crippen molar-refractivity contribution in [1.82, 2.24) is 4.98 Å². The van der Waals surface area contributed by atoms with Gasteiger partial charge in [0.15, 0.2) is 0 Å². The van der Waals surface area contributed by atoms with Crippen LogP contribution in [0.25, 0.3) is 16.1 Å². The zero-order valence-corrected chi connectivity index (χ0v) is 9.71. The van der Waals surface area contributed by atoms with E-state index in [0.717, 1.165) is 10.7 Å². The van der Waals surface area contributed by atoms with Crippen LogP contribution in [0.3, 0.4) is 0 Å². The van der Waals surface area contributed by atoms with Gasteiger partial charge in [0.05, 0.1) is 5.69 Å². The molecule has 0 saturated heterocycles. The van der Waals surface area contributed by atoms with E-state index in [1.54, 1.807) is 11.3 Å². The number of nitrogens with zero attached hydrogens (tertiary/aromatic N) is 1. The number of allylic oxidation sites excluding steroid dienone is 2. The summed E-state index contributed by atoms with van der Waals surface area (Å²) in [6.45, 7) is 4.13. The Labute approximate surface area is 94.1 Å². The molecule has 0 bridgehead atoms. The minimum Gasteiger partial charge on any atom is -0.236 e. The van der Waals surface area contributed by atoms with E-state index < -0.39 is 0 Å². The highest BCUT2D eigenvalue weighted by Crippen LogP contribution is 2.26. The van der Waals surface area contributed by atoms with Gasteiger partial charge in [-0.25, -0.2) is 4.98 Å². The lowest BCUT2D eigenvalue weighted by Gasteiger charge is -1.94. The average Bonchev–Trinajstić information content (AvgIpc) is 2.78. The molecule has 2 aromatic rings. The lowest BCUT2D eigenvalue weighted by Crippen LogP contribution is -1.79. The monoisotopic (exact) mass is 215 g/mol. The van der Waals surface area contributed by atoms with Crippen LogP contribution in [0.5, 0.6) is 0 Å². The predicted octanol–water partition coefficient (Wildman–Crippen LogP) is 4.23. The van der Waals surface area contributed by atoms with Crippen molar-refractivity contribution in [3.63, 3.8) is 0 Å². The maximum absolute atomic E-state index is 4.60. The third-order valence-electron chi connectivity index (χ3n) is 2.36. The van der Waals surface area contributed by atoms with Crippen molar-refractivity contribution in [2.75, 3.05) is 0 Å². The van der Waals surface area contributed by atoms with E-state index in [1.807, 2.05) is 25.1 Å². The zero-order valence-electron chi connectivity index (χ0n) is 8.90. The smallest absolute Gasteiger partial charge is 0.124 e. The Morgan fingerprint density at radius 3 is 2.67 bits per heavy atom. The number of hydrogen-bond acceptors (Lipinski definition) is 2. The van der Waals surface area contributed by atoms with Crippen molar-refractivity contribution in [2.24, 2.45) is 0 Å². The topological polar surface area (TPSA) is 12.9 Å². The molecular weight excluding hydrogens is 202 g/mol. The highest BCUT2D eigenvalue weighted by atomic mass is 32.1. The largest absolute Gasteiger partial charge is 0.236 e. The lowest BCUT2D eigenvalue weighted by atomic mass is 10.2. The molecule has 2 rings (SSSR count). The van der Waals surface area contributed by atoms with Crippen LogP contribution in [0.2, 0.25) is 0 Å². The molecule has 0 unspecified atom stereocenters. The van der Waals surface area contributed by atoms with E-state index in [1.165, 1.54) is 11.1 Å². The second-order valence-electron chi connectivity index (χ2n) is 3.38. The average molecular weight is 215 g/mol. The van der Waals surface area contributed by atoms with Gasteiger partial charge in [-0.1, -0.05) is 36.4 Å². The second-order valence-corrected chi connectivity index (χ2v) is 4.23. The van der Waals surface area contributed by atoms with Gasteiger partial charge in [0.1, 0.15) is 5.01 Å². The number of hydrogen-bond donors (Lipinski definition) is 0. The standard InChI is InChI=1S/C13H13NS/c1-3-10(2)12-9-15-13(14-12)11-7-5-4-6-8-11/h3-9H,1-2H3. The first kappa shape index (κ1) is 10.1. The van der Waals surface area contributed by atoms with Crippen LogP contribution in [0.15, 0.2) is 41.8 Å². The molecule has 0 aliphatic carbocycles. The van der Waals surface area contributed by atoms with Gasteiger partial charge in [0, 0.05) is 10.9 Å². The van der Waals surface area contributed by atoms with Crippen LogP contribution >= 0.6 is 11.3 Å². The molecule has 0 radical (unpaired) electrons. The molecule has 0 N–H and O–H groups in total. The molecule has 0 amide bonds. The van der Waals surface area contributed by atoms with E-state index in [0.29, 0.717) is 0 Å². The first-order valence-corrected chi connectivity index (χ1v) is 5.83. The number of rotatable bonds is 2. The van der Waals surface area contributed by atoms with Crippen molar-refractivity contribution in [1.29, 1.82) is 0 Å². The summed E-state index contributed by atoms with van der Waals surface area (Å²) < 4.78 is 0. The van der Waals surface area contributed by atoms with Crippen LogP contribution in [0.4, 0.5) is 0 Å². The highest BCUT2D eigenvalue weighted by molar-refractivity contribution is 7.13. The Balaban J connectivity index is 2.36. The fourth-order valence-electron chi connectivity index (χ4n) is 1.32. The van der Waals surface area contributed by atoms with Crippen molar-refractivity contribution < 1.29 is 0 Å². The van der Waals surface area contributed by atoms with Gasteiger partial charge in [0.25, 0.3) is 0 Å². The van der Waals surface area contributed by atoms with Gasteiger partial charge >= 0.3 is 0 Å². The van der Waals surface area contributed by atoms with E-state index in [-0.39, 0.29) is 0 Å². The van der Waals surface area contributed by atoms with Gasteiger partial charge in [-0.2, -0.15) is 0 Å². The molecule has 1 aromatic heterocycles. The zero-order chi connectivity index (χ0) is 10.7. The van der Waals surface area contributed by atoms with Gasteiger partial charge in [-0.3, -0.25) is 0 Å². The molecule has 0 fully saturated rings. The quantitative estimate of drug-likeness (QED) is 0.730. The van der Waals surface area contributed by atoms with Crippen molar-refractivity contribution in [2.45, 2.75) is 13.8 Å². The van der Waals surface area contributed by atoms with E-state index >= 15 is 0 Å². The van der Waals surface area contributed by atoms with Gasteiger partial charge < -0.3 is 0 Å². The summed E-state index contributed by atoms with van der Waals surface area (Å²) in [5, 5.41) is 3.20. The molecule has 0 atom stereocenters. The summed E-state index contributed by atoms with van der Waals surface area (Å²) in [7, 11) is 0. The lowest BCUT2D eigenvalue weighted by molar-refractivity contribution is 1.34. The summed E-state index contributed by atoms with van der Waals surface area (Å²) in [5.74, 6) is 0. The number of benzene rings is 1. The third kappa shape index (κ3) is 2.16. The molecule has 15 heavy (non-hydrogen) atoms. The summed E-state index contributed by atoms with van der Waals surface area (Å²) in [6.07, 6.45) is 2.09. The predicted molar refractivity (Wildman–Crippen MR) is 66.9 cm³/mol. The summed E-state index contributed by atoms with van der Waals surface area (Å²) >= 11 is 1.69. The van der Waals surface area contributed by atoms with Gasteiger partial charge in [-0.15, -0.1) is 11.3 Å². The van der Waals surface area contributed by atoms with Crippen LogP contribution < -0.4 is 0 Å². The normalized spacial score (nSPS) is 11.7. The molecule has 0 aliphatic rings. The molecule has 0 spiro atoms. The SMILES string of the molecule is CC=C(C)c1csc(-c2ccccc2)n1. The molecule has 1 nitrogen and oxygen atoms in total. The molecule has 76 valence electrons. The summed E-state index contributed by atoms with van der Waals surface area (Å²) in [6, 6.07) is 10.3. The van der Waals surface area contributed by atoms with Crippen LogP contribution in [0, 0.1) is 0 Å². The van der Waals surface area contributed by atoms with E-state index in [4.69, 9.17) is 0 Å². The Hall–Kier alpha value is -1.41. The van der Waals surface area contributed by atoms with Crippen molar-refractivity contribution >= 4 is 16.9 Å².